The molecule has 3 rings (SSSR count). The molecule has 1 aliphatic heterocycles. The highest BCUT2D eigenvalue weighted by molar-refractivity contribution is 7.86. The summed E-state index contributed by atoms with van der Waals surface area (Å²) < 4.78 is 27.5. The van der Waals surface area contributed by atoms with Crippen LogP contribution in [0.4, 0.5) is 0 Å². The molecule has 0 radical (unpaired) electrons. The summed E-state index contributed by atoms with van der Waals surface area (Å²) >= 11 is 0. The normalized spacial score (nSPS) is 20.0. The summed E-state index contributed by atoms with van der Waals surface area (Å²) in [5.41, 5.74) is 2.96. The van der Waals surface area contributed by atoms with Crippen molar-refractivity contribution in [1.82, 2.24) is 18.8 Å². The van der Waals surface area contributed by atoms with Crippen molar-refractivity contribution in [2.75, 3.05) is 27.2 Å². The molecule has 6 nitrogen and oxygen atoms in total. The van der Waals surface area contributed by atoms with E-state index in [9.17, 15) is 8.42 Å². The maximum atomic E-state index is 12.3. The molecular weight excluding hydrogens is 312 g/mol. The van der Waals surface area contributed by atoms with Gasteiger partial charge < -0.3 is 0 Å². The Bertz CT molecular complexity index is 755. The van der Waals surface area contributed by atoms with E-state index in [1.807, 2.05) is 36.4 Å². The molecule has 0 aliphatic carbocycles. The van der Waals surface area contributed by atoms with Crippen molar-refractivity contribution in [3.05, 3.63) is 42.1 Å². The van der Waals surface area contributed by atoms with Gasteiger partial charge in [-0.15, -0.1) is 0 Å². The van der Waals surface area contributed by atoms with E-state index in [0.717, 1.165) is 29.8 Å². The first-order valence-electron chi connectivity index (χ1n) is 7.77. The summed E-state index contributed by atoms with van der Waals surface area (Å²) in [7, 11) is -0.210. The van der Waals surface area contributed by atoms with Crippen molar-refractivity contribution in [1.29, 1.82) is 0 Å². The van der Waals surface area contributed by atoms with Gasteiger partial charge in [0.1, 0.15) is 0 Å². The van der Waals surface area contributed by atoms with Gasteiger partial charge in [-0.05, 0) is 18.9 Å². The molecule has 1 aromatic carbocycles. The fourth-order valence-corrected chi connectivity index (χ4v) is 4.13. The number of rotatable bonds is 4. The monoisotopic (exact) mass is 334 g/mol. The van der Waals surface area contributed by atoms with Crippen LogP contribution in [0.2, 0.25) is 0 Å². The maximum absolute atomic E-state index is 12.3. The number of nitrogens with one attached hydrogen (secondary N) is 1. The lowest BCUT2D eigenvalue weighted by atomic mass is 9.96. The fourth-order valence-electron chi connectivity index (χ4n) is 2.94. The van der Waals surface area contributed by atoms with Gasteiger partial charge in [0, 0.05) is 44.4 Å². The molecule has 7 heteroatoms. The summed E-state index contributed by atoms with van der Waals surface area (Å²) in [4.78, 5) is 0. The van der Waals surface area contributed by atoms with Crippen LogP contribution in [0.5, 0.6) is 0 Å². The molecule has 1 fully saturated rings. The molecule has 1 atom stereocenters. The van der Waals surface area contributed by atoms with Crippen LogP contribution in [0, 0.1) is 0 Å². The standard InChI is InChI=1S/C16H22N4O2S/c1-19(2)23(21,22)20-10-6-9-14(12-20)16-11-15(17-18-16)13-7-4-3-5-8-13/h3-5,7-8,11,14H,6,9-10,12H2,1-2H3,(H,17,18)/t14-/m1/s1. The van der Waals surface area contributed by atoms with Crippen LogP contribution in [0.1, 0.15) is 24.5 Å². The third kappa shape index (κ3) is 3.31. The zero-order valence-electron chi connectivity index (χ0n) is 13.4. The molecule has 1 N–H and O–H groups in total. The van der Waals surface area contributed by atoms with Gasteiger partial charge in [-0.3, -0.25) is 5.10 Å². The summed E-state index contributed by atoms with van der Waals surface area (Å²) in [6, 6.07) is 12.0. The average molecular weight is 334 g/mol. The number of nitrogens with zero attached hydrogens (tertiary/aromatic N) is 3. The molecule has 23 heavy (non-hydrogen) atoms. The quantitative estimate of drug-likeness (QED) is 0.930. The summed E-state index contributed by atoms with van der Waals surface area (Å²) in [5.74, 6) is 0.156. The van der Waals surface area contributed by atoms with E-state index in [1.165, 1.54) is 4.31 Å². The highest BCUT2D eigenvalue weighted by atomic mass is 32.2. The van der Waals surface area contributed by atoms with Gasteiger partial charge in [-0.1, -0.05) is 30.3 Å². The van der Waals surface area contributed by atoms with Gasteiger partial charge in [0.15, 0.2) is 0 Å². The molecule has 2 heterocycles. The van der Waals surface area contributed by atoms with Crippen molar-refractivity contribution < 1.29 is 8.42 Å². The van der Waals surface area contributed by atoms with Crippen molar-refractivity contribution >= 4 is 10.2 Å². The summed E-state index contributed by atoms with van der Waals surface area (Å²) in [6.07, 6.45) is 1.83. The van der Waals surface area contributed by atoms with Crippen molar-refractivity contribution in [3.63, 3.8) is 0 Å². The number of aromatic nitrogens is 2. The highest BCUT2D eigenvalue weighted by Crippen LogP contribution is 2.29. The van der Waals surface area contributed by atoms with Crippen LogP contribution in [-0.2, 0) is 10.2 Å². The Morgan fingerprint density at radius 1 is 1.26 bits per heavy atom. The Hall–Kier alpha value is -1.70. The van der Waals surface area contributed by atoms with E-state index in [0.29, 0.717) is 13.1 Å². The van der Waals surface area contributed by atoms with Gasteiger partial charge in [0.05, 0.1) is 5.69 Å². The molecule has 0 saturated carbocycles. The Labute approximate surface area is 137 Å². The van der Waals surface area contributed by atoms with Gasteiger partial charge >= 0.3 is 0 Å². The molecule has 2 aromatic rings. The Morgan fingerprint density at radius 3 is 2.70 bits per heavy atom. The van der Waals surface area contributed by atoms with E-state index >= 15 is 0 Å². The van der Waals surface area contributed by atoms with E-state index in [-0.39, 0.29) is 5.92 Å². The third-order valence-electron chi connectivity index (χ3n) is 4.28. The van der Waals surface area contributed by atoms with Gasteiger partial charge in [0.25, 0.3) is 10.2 Å². The summed E-state index contributed by atoms with van der Waals surface area (Å²) in [5, 5.41) is 7.47. The molecule has 1 aromatic heterocycles. The number of H-pyrrole nitrogens is 1. The topological polar surface area (TPSA) is 69.3 Å². The molecule has 1 saturated heterocycles. The number of hydrogen-bond acceptors (Lipinski definition) is 3. The van der Waals surface area contributed by atoms with Crippen LogP contribution < -0.4 is 0 Å². The fraction of sp³-hybridized carbons (Fsp3) is 0.438. The smallest absolute Gasteiger partial charge is 0.281 e. The van der Waals surface area contributed by atoms with E-state index < -0.39 is 10.2 Å². The minimum absolute atomic E-state index is 0.156. The SMILES string of the molecule is CN(C)S(=O)(=O)N1CCC[C@@H](c2cc(-c3ccccc3)n[nH]2)C1. The van der Waals surface area contributed by atoms with Crippen LogP contribution in [0.15, 0.2) is 36.4 Å². The Kier molecular flexibility index (Phi) is 4.52. The predicted octanol–water partition coefficient (Wildman–Crippen LogP) is 2.06. The first kappa shape index (κ1) is 16.2. The lowest BCUT2D eigenvalue weighted by Crippen LogP contribution is -2.44. The minimum Gasteiger partial charge on any atom is -0.282 e. The molecule has 1 aliphatic rings. The molecule has 0 unspecified atom stereocenters. The molecular formula is C16H22N4O2S. The Morgan fingerprint density at radius 2 is 2.00 bits per heavy atom. The molecule has 0 bridgehead atoms. The second-order valence-electron chi connectivity index (χ2n) is 6.06. The molecule has 0 spiro atoms. The summed E-state index contributed by atoms with van der Waals surface area (Å²) in [6.45, 7) is 1.08. The predicted molar refractivity (Wildman–Crippen MR) is 90.2 cm³/mol. The van der Waals surface area contributed by atoms with Crippen LogP contribution in [-0.4, -0.2) is 54.4 Å². The largest absolute Gasteiger partial charge is 0.282 e. The molecule has 124 valence electrons. The van der Waals surface area contributed by atoms with Gasteiger partial charge in [0.2, 0.25) is 0 Å². The first-order valence-corrected chi connectivity index (χ1v) is 9.16. The first-order chi connectivity index (χ1) is 11.0. The van der Waals surface area contributed by atoms with Crippen LogP contribution in [0.3, 0.4) is 0 Å². The Balaban J connectivity index is 1.79. The van der Waals surface area contributed by atoms with Gasteiger partial charge in [-0.2, -0.15) is 22.1 Å². The van der Waals surface area contributed by atoms with Crippen molar-refractivity contribution in [2.24, 2.45) is 0 Å². The maximum Gasteiger partial charge on any atom is 0.281 e. The lowest BCUT2D eigenvalue weighted by molar-refractivity contribution is 0.296. The number of aromatic amines is 1. The number of piperidine rings is 1. The van der Waals surface area contributed by atoms with Crippen LogP contribution >= 0.6 is 0 Å². The molecule has 0 amide bonds. The zero-order chi connectivity index (χ0) is 16.4. The number of benzene rings is 1. The highest BCUT2D eigenvalue weighted by Gasteiger charge is 2.31. The second-order valence-corrected chi connectivity index (χ2v) is 8.20. The van der Waals surface area contributed by atoms with Crippen molar-refractivity contribution in [3.8, 4) is 11.3 Å². The van der Waals surface area contributed by atoms with Crippen molar-refractivity contribution in [2.45, 2.75) is 18.8 Å². The average Bonchev–Trinajstić information content (AvgIpc) is 3.06. The van der Waals surface area contributed by atoms with E-state index in [2.05, 4.69) is 10.2 Å². The van der Waals surface area contributed by atoms with E-state index in [4.69, 9.17) is 0 Å². The minimum atomic E-state index is -3.35. The van der Waals surface area contributed by atoms with E-state index in [1.54, 1.807) is 18.4 Å². The lowest BCUT2D eigenvalue weighted by Gasteiger charge is -2.32. The van der Waals surface area contributed by atoms with Gasteiger partial charge in [-0.25, -0.2) is 0 Å². The number of hydrogen-bond donors (Lipinski definition) is 1. The van der Waals surface area contributed by atoms with Crippen LogP contribution in [0.25, 0.3) is 11.3 Å². The zero-order valence-corrected chi connectivity index (χ0v) is 14.3. The second kappa shape index (κ2) is 6.43. The third-order valence-corrected chi connectivity index (χ3v) is 6.19.